The van der Waals surface area contributed by atoms with Crippen molar-refractivity contribution < 1.29 is 9.53 Å². The number of thioether (sulfide) groups is 1. The predicted octanol–water partition coefficient (Wildman–Crippen LogP) is 4.89. The molecule has 0 aliphatic heterocycles. The van der Waals surface area contributed by atoms with Gasteiger partial charge in [-0.3, -0.25) is 10.1 Å². The molecule has 1 heterocycles. The van der Waals surface area contributed by atoms with Crippen molar-refractivity contribution in [2.24, 2.45) is 0 Å². The summed E-state index contributed by atoms with van der Waals surface area (Å²) in [4.78, 5) is 12.2. The third-order valence-electron chi connectivity index (χ3n) is 3.34. The summed E-state index contributed by atoms with van der Waals surface area (Å²) in [5, 5.41) is 11.9. The highest BCUT2D eigenvalue weighted by molar-refractivity contribution is 8.00. The molecule has 0 spiro atoms. The van der Waals surface area contributed by atoms with E-state index in [9.17, 15) is 4.79 Å². The number of carbonyl (C=O) groups excluding carboxylic acids is 1. The quantitative estimate of drug-likeness (QED) is 0.448. The highest BCUT2D eigenvalue weighted by Gasteiger charge is 2.17. The van der Waals surface area contributed by atoms with E-state index in [0.717, 1.165) is 10.1 Å². The van der Waals surface area contributed by atoms with Gasteiger partial charge in [0, 0.05) is 10.8 Å². The minimum Gasteiger partial charge on any atom is -0.481 e. The monoisotopic (exact) mass is 405 g/mol. The maximum Gasteiger partial charge on any atom is 0.266 e. The number of hydrogen-bond donors (Lipinski definition) is 1. The van der Waals surface area contributed by atoms with E-state index in [-0.39, 0.29) is 5.91 Å². The van der Waals surface area contributed by atoms with Crippen LogP contribution in [0.4, 0.5) is 5.13 Å². The highest BCUT2D eigenvalue weighted by Crippen LogP contribution is 2.28. The van der Waals surface area contributed by atoms with Crippen molar-refractivity contribution in [1.29, 1.82) is 0 Å². The highest BCUT2D eigenvalue weighted by atomic mass is 35.5. The van der Waals surface area contributed by atoms with Gasteiger partial charge in [-0.15, -0.1) is 10.2 Å². The number of rotatable bonds is 7. The fraction of sp³-hybridized carbons (Fsp3) is 0.167. The lowest BCUT2D eigenvalue weighted by atomic mass is 10.2. The number of nitrogens with zero attached hydrogens (tertiary/aromatic N) is 2. The third kappa shape index (κ3) is 5.45. The van der Waals surface area contributed by atoms with Gasteiger partial charge in [0.1, 0.15) is 5.75 Å². The van der Waals surface area contributed by atoms with Gasteiger partial charge in [-0.1, -0.05) is 65.0 Å². The van der Waals surface area contributed by atoms with Crippen LogP contribution in [-0.2, 0) is 10.5 Å². The Morgan fingerprint density at radius 3 is 2.65 bits per heavy atom. The molecule has 0 aliphatic rings. The fourth-order valence-corrected chi connectivity index (χ4v) is 3.85. The molecule has 3 aromatic rings. The molecule has 1 amide bonds. The summed E-state index contributed by atoms with van der Waals surface area (Å²) in [5.41, 5.74) is 1.21. The van der Waals surface area contributed by atoms with Crippen LogP contribution in [0.5, 0.6) is 5.75 Å². The van der Waals surface area contributed by atoms with Crippen molar-refractivity contribution in [2.75, 3.05) is 5.32 Å². The van der Waals surface area contributed by atoms with E-state index >= 15 is 0 Å². The maximum atomic E-state index is 12.2. The molecular formula is C18H16ClN3O2S2. The third-order valence-corrected chi connectivity index (χ3v) is 5.63. The molecule has 2 aromatic carbocycles. The van der Waals surface area contributed by atoms with Crippen LogP contribution in [-0.4, -0.2) is 22.2 Å². The number of benzene rings is 2. The van der Waals surface area contributed by atoms with E-state index in [4.69, 9.17) is 16.3 Å². The van der Waals surface area contributed by atoms with Gasteiger partial charge in [0.2, 0.25) is 5.13 Å². The Hall–Kier alpha value is -2.09. The SMILES string of the molecule is CC(Oc1ccc(Cl)cc1)C(=O)Nc1nnc(SCc2ccccc2)s1. The molecule has 134 valence electrons. The van der Waals surface area contributed by atoms with E-state index in [1.165, 1.54) is 16.9 Å². The number of nitrogens with one attached hydrogen (secondary N) is 1. The van der Waals surface area contributed by atoms with Gasteiger partial charge in [0.05, 0.1) is 0 Å². The Morgan fingerprint density at radius 1 is 1.19 bits per heavy atom. The van der Waals surface area contributed by atoms with Gasteiger partial charge >= 0.3 is 0 Å². The second-order valence-electron chi connectivity index (χ2n) is 5.35. The molecule has 1 atom stereocenters. The number of ether oxygens (including phenoxy) is 1. The molecule has 1 unspecified atom stereocenters. The standard InChI is InChI=1S/C18H16ClN3O2S2/c1-12(24-15-9-7-14(19)8-10-15)16(23)20-17-21-22-18(26-17)25-11-13-5-3-2-4-6-13/h2-10,12H,11H2,1H3,(H,20,21,23). The van der Waals surface area contributed by atoms with E-state index in [0.29, 0.717) is 15.9 Å². The second-order valence-corrected chi connectivity index (χ2v) is 7.99. The van der Waals surface area contributed by atoms with Crippen molar-refractivity contribution in [1.82, 2.24) is 10.2 Å². The molecule has 0 fully saturated rings. The molecular weight excluding hydrogens is 390 g/mol. The Balaban J connectivity index is 1.51. The van der Waals surface area contributed by atoms with Crippen LogP contribution in [0.1, 0.15) is 12.5 Å². The van der Waals surface area contributed by atoms with Crippen LogP contribution in [0.25, 0.3) is 0 Å². The van der Waals surface area contributed by atoms with Crippen molar-refractivity contribution in [3.63, 3.8) is 0 Å². The molecule has 5 nitrogen and oxygen atoms in total. The summed E-state index contributed by atoms with van der Waals surface area (Å²) in [7, 11) is 0. The molecule has 1 aromatic heterocycles. The lowest BCUT2D eigenvalue weighted by molar-refractivity contribution is -0.122. The number of anilines is 1. The van der Waals surface area contributed by atoms with Crippen molar-refractivity contribution in [3.05, 3.63) is 65.2 Å². The largest absolute Gasteiger partial charge is 0.481 e. The van der Waals surface area contributed by atoms with Gasteiger partial charge in [-0.05, 0) is 36.8 Å². The summed E-state index contributed by atoms with van der Waals surface area (Å²) in [6, 6.07) is 17.0. The van der Waals surface area contributed by atoms with E-state index in [2.05, 4.69) is 27.6 Å². The number of carbonyl (C=O) groups is 1. The van der Waals surface area contributed by atoms with E-state index in [1.54, 1.807) is 43.0 Å². The first-order chi connectivity index (χ1) is 12.6. The number of amides is 1. The van der Waals surface area contributed by atoms with Crippen molar-refractivity contribution >= 4 is 45.7 Å². The van der Waals surface area contributed by atoms with E-state index < -0.39 is 6.10 Å². The number of hydrogen-bond acceptors (Lipinski definition) is 6. The normalized spacial score (nSPS) is 11.8. The summed E-state index contributed by atoms with van der Waals surface area (Å²) in [6.45, 7) is 1.68. The summed E-state index contributed by atoms with van der Waals surface area (Å²) >= 11 is 8.76. The number of aromatic nitrogens is 2. The minimum atomic E-state index is -0.666. The summed E-state index contributed by atoms with van der Waals surface area (Å²) < 4.78 is 6.40. The fourth-order valence-electron chi connectivity index (χ4n) is 2.02. The lowest BCUT2D eigenvalue weighted by Crippen LogP contribution is -2.30. The molecule has 0 radical (unpaired) electrons. The zero-order chi connectivity index (χ0) is 18.4. The summed E-state index contributed by atoms with van der Waals surface area (Å²) in [5.74, 6) is 1.10. The topological polar surface area (TPSA) is 64.1 Å². The smallest absolute Gasteiger partial charge is 0.266 e. The average Bonchev–Trinajstić information content (AvgIpc) is 3.10. The molecule has 0 bridgehead atoms. The lowest BCUT2D eigenvalue weighted by Gasteiger charge is -2.13. The zero-order valence-electron chi connectivity index (χ0n) is 13.9. The van der Waals surface area contributed by atoms with Gasteiger partial charge < -0.3 is 4.74 Å². The Labute approximate surface area is 164 Å². The maximum absolute atomic E-state index is 12.2. The van der Waals surface area contributed by atoms with E-state index in [1.807, 2.05) is 18.2 Å². The molecule has 3 rings (SSSR count). The van der Waals surface area contributed by atoms with Crippen LogP contribution in [0.3, 0.4) is 0 Å². The van der Waals surface area contributed by atoms with Crippen LogP contribution in [0, 0.1) is 0 Å². The molecule has 0 saturated carbocycles. The first kappa shape index (κ1) is 18.7. The molecule has 0 saturated heterocycles. The van der Waals surface area contributed by atoms with Gasteiger partial charge in [0.15, 0.2) is 10.4 Å². The zero-order valence-corrected chi connectivity index (χ0v) is 16.3. The predicted molar refractivity (Wildman–Crippen MR) is 106 cm³/mol. The Kier molecular flexibility index (Phi) is 6.49. The molecule has 8 heteroatoms. The molecule has 1 N–H and O–H groups in total. The van der Waals surface area contributed by atoms with Gasteiger partial charge in [0.25, 0.3) is 5.91 Å². The number of halogens is 1. The van der Waals surface area contributed by atoms with Crippen molar-refractivity contribution in [3.8, 4) is 5.75 Å². The second kappa shape index (κ2) is 9.02. The Bertz CT molecular complexity index is 856. The van der Waals surface area contributed by atoms with Crippen LogP contribution < -0.4 is 10.1 Å². The van der Waals surface area contributed by atoms with Crippen LogP contribution >= 0.6 is 34.7 Å². The van der Waals surface area contributed by atoms with Crippen molar-refractivity contribution in [2.45, 2.75) is 23.1 Å². The van der Waals surface area contributed by atoms with Crippen LogP contribution in [0.15, 0.2) is 58.9 Å². The Morgan fingerprint density at radius 2 is 1.92 bits per heavy atom. The summed E-state index contributed by atoms with van der Waals surface area (Å²) in [6.07, 6.45) is -0.666. The van der Waals surface area contributed by atoms with Gasteiger partial charge in [-0.2, -0.15) is 0 Å². The first-order valence-corrected chi connectivity index (χ1v) is 10.0. The first-order valence-electron chi connectivity index (χ1n) is 7.83. The average molecular weight is 406 g/mol. The molecule has 26 heavy (non-hydrogen) atoms. The van der Waals surface area contributed by atoms with Crippen LogP contribution in [0.2, 0.25) is 5.02 Å². The van der Waals surface area contributed by atoms with Gasteiger partial charge in [-0.25, -0.2) is 0 Å². The minimum absolute atomic E-state index is 0.282. The molecule has 0 aliphatic carbocycles.